The Morgan fingerprint density at radius 2 is 2.03 bits per heavy atom. The molecule has 4 aromatic rings. The zero-order valence-corrected chi connectivity index (χ0v) is 18.5. The molecule has 0 saturated carbocycles. The molecule has 5 N–H and O–H groups in total. The van der Waals surface area contributed by atoms with Crippen LogP contribution in [0.25, 0.3) is 16.8 Å². The maximum atomic E-state index is 11.4. The summed E-state index contributed by atoms with van der Waals surface area (Å²) < 4.78 is 1.44. The highest BCUT2D eigenvalue weighted by Gasteiger charge is 2.16. The van der Waals surface area contributed by atoms with E-state index >= 15 is 0 Å². The minimum Gasteiger partial charge on any atom is -0.476 e. The van der Waals surface area contributed by atoms with Crippen LogP contribution in [0.4, 0.5) is 16.8 Å². The highest BCUT2D eigenvalue weighted by molar-refractivity contribution is 7.16. The number of aromatic nitrogens is 4. The molecule has 0 atom stereocenters. The average Bonchev–Trinajstić information content (AvgIpc) is 3.34. The number of carbonyl (C=O) groups is 1. The number of aromatic carboxylic acids is 1. The van der Waals surface area contributed by atoms with Crippen LogP contribution in [0.15, 0.2) is 30.5 Å². The van der Waals surface area contributed by atoms with Crippen molar-refractivity contribution in [2.24, 2.45) is 0 Å². The lowest BCUT2D eigenvalue weighted by Gasteiger charge is -2.11. The summed E-state index contributed by atoms with van der Waals surface area (Å²) in [6.45, 7) is 0.854. The van der Waals surface area contributed by atoms with Crippen molar-refractivity contribution in [3.8, 4) is 17.3 Å². The number of nitriles is 1. The zero-order valence-electron chi connectivity index (χ0n) is 16.1. The maximum Gasteiger partial charge on any atom is 0.356 e. The number of carboxylic acid groups (broad SMARTS) is 1. The summed E-state index contributed by atoms with van der Waals surface area (Å²) in [4.78, 5) is 20.4. The first-order valence-corrected chi connectivity index (χ1v) is 10.7. The fraction of sp³-hybridized carbons (Fsp3) is 0.105. The van der Waals surface area contributed by atoms with E-state index in [9.17, 15) is 9.90 Å². The molecule has 0 aliphatic carbocycles. The molecule has 0 spiro atoms. The molecule has 0 bridgehead atoms. The van der Waals surface area contributed by atoms with Gasteiger partial charge in [0.05, 0.1) is 16.9 Å². The van der Waals surface area contributed by atoms with Crippen molar-refractivity contribution >= 4 is 62.8 Å². The standard InChI is InChI=1S/C19H14Cl2N8O2S/c20-9-1-2-10(11(21)5-9)13-8-29-14(6-12(28-29)18(30)31)17(26-13)24-3-4-25-19-27-16(23)15(7-22)32-19/h1-2,5-6,8H,3-4,23H2,(H,24,26)(H,25,27)(H,30,31). The van der Waals surface area contributed by atoms with Crippen LogP contribution < -0.4 is 16.4 Å². The Balaban J connectivity index is 1.61. The fourth-order valence-corrected chi connectivity index (χ4v) is 4.10. The zero-order chi connectivity index (χ0) is 22.8. The molecule has 32 heavy (non-hydrogen) atoms. The Morgan fingerprint density at radius 3 is 2.72 bits per heavy atom. The minimum absolute atomic E-state index is 0.116. The number of halogens is 2. The Labute approximate surface area is 195 Å². The minimum atomic E-state index is -1.15. The smallest absolute Gasteiger partial charge is 0.356 e. The lowest BCUT2D eigenvalue weighted by Crippen LogP contribution is -2.15. The summed E-state index contributed by atoms with van der Waals surface area (Å²) in [7, 11) is 0. The molecule has 1 aromatic carbocycles. The van der Waals surface area contributed by atoms with E-state index in [4.69, 9.17) is 34.2 Å². The van der Waals surface area contributed by atoms with Gasteiger partial charge in [0.15, 0.2) is 22.5 Å². The van der Waals surface area contributed by atoms with Crippen molar-refractivity contribution < 1.29 is 9.90 Å². The number of thiazole rings is 1. The van der Waals surface area contributed by atoms with E-state index in [2.05, 4.69) is 25.7 Å². The van der Waals surface area contributed by atoms with Gasteiger partial charge in [0, 0.05) is 29.7 Å². The number of nitrogens with one attached hydrogen (secondary N) is 2. The van der Waals surface area contributed by atoms with Gasteiger partial charge in [-0.3, -0.25) is 0 Å². The van der Waals surface area contributed by atoms with Gasteiger partial charge in [-0.2, -0.15) is 10.4 Å². The van der Waals surface area contributed by atoms with E-state index < -0.39 is 5.97 Å². The number of nitrogens with zero attached hydrogens (tertiary/aromatic N) is 5. The Bertz CT molecular complexity index is 1380. The summed E-state index contributed by atoms with van der Waals surface area (Å²) in [5.41, 5.74) is 7.14. The van der Waals surface area contributed by atoms with Crippen LogP contribution in [0.5, 0.6) is 0 Å². The number of hydrogen-bond donors (Lipinski definition) is 4. The predicted molar refractivity (Wildman–Crippen MR) is 124 cm³/mol. The maximum absolute atomic E-state index is 11.4. The lowest BCUT2D eigenvalue weighted by molar-refractivity contribution is 0.0690. The summed E-state index contributed by atoms with van der Waals surface area (Å²) >= 11 is 13.5. The normalized spacial score (nSPS) is 10.8. The highest BCUT2D eigenvalue weighted by atomic mass is 35.5. The molecular formula is C19H14Cl2N8O2S. The number of nitrogens with two attached hydrogens (primary N) is 1. The van der Waals surface area contributed by atoms with Crippen LogP contribution in [0.2, 0.25) is 10.0 Å². The van der Waals surface area contributed by atoms with Gasteiger partial charge in [0.25, 0.3) is 0 Å². The predicted octanol–water partition coefficient (Wildman–Crippen LogP) is 3.84. The number of anilines is 3. The summed E-state index contributed by atoms with van der Waals surface area (Å²) in [6, 6.07) is 8.43. The first-order chi connectivity index (χ1) is 15.4. The molecule has 0 aliphatic rings. The Kier molecular flexibility index (Phi) is 6.00. The van der Waals surface area contributed by atoms with Gasteiger partial charge in [0.2, 0.25) is 0 Å². The number of rotatable bonds is 7. The summed E-state index contributed by atoms with van der Waals surface area (Å²) in [5, 5.41) is 30.1. The quantitative estimate of drug-likeness (QED) is 0.284. The molecule has 4 rings (SSSR count). The van der Waals surface area contributed by atoms with Crippen LogP contribution in [-0.2, 0) is 0 Å². The SMILES string of the molecule is N#Cc1sc(NCCNc2nc(-c3ccc(Cl)cc3Cl)cn3nc(C(=O)O)cc23)nc1N. The second-order valence-corrected chi connectivity index (χ2v) is 8.30. The van der Waals surface area contributed by atoms with Gasteiger partial charge in [-0.05, 0) is 18.2 Å². The van der Waals surface area contributed by atoms with Crippen molar-refractivity contribution in [3.63, 3.8) is 0 Å². The van der Waals surface area contributed by atoms with Crippen LogP contribution in [-0.4, -0.2) is 43.7 Å². The van der Waals surface area contributed by atoms with Crippen LogP contribution in [0, 0.1) is 11.3 Å². The van der Waals surface area contributed by atoms with Gasteiger partial charge < -0.3 is 21.5 Å². The van der Waals surface area contributed by atoms with Crippen molar-refractivity contribution in [2.75, 3.05) is 29.5 Å². The number of hydrogen-bond acceptors (Lipinski definition) is 9. The van der Waals surface area contributed by atoms with Gasteiger partial charge >= 0.3 is 5.97 Å². The molecule has 0 fully saturated rings. The molecule has 162 valence electrons. The van der Waals surface area contributed by atoms with E-state index in [0.29, 0.717) is 55.7 Å². The van der Waals surface area contributed by atoms with E-state index in [1.54, 1.807) is 24.4 Å². The number of fused-ring (bicyclic) bond motifs is 1. The molecule has 13 heteroatoms. The summed E-state index contributed by atoms with van der Waals surface area (Å²) in [6.07, 6.45) is 1.60. The van der Waals surface area contributed by atoms with E-state index in [0.717, 1.165) is 11.3 Å². The van der Waals surface area contributed by atoms with E-state index in [1.807, 2.05) is 6.07 Å². The van der Waals surface area contributed by atoms with Crippen LogP contribution in [0.1, 0.15) is 15.4 Å². The van der Waals surface area contributed by atoms with Crippen LogP contribution >= 0.6 is 34.5 Å². The third-order valence-corrected chi connectivity index (χ3v) is 5.81. The molecule has 3 heterocycles. The number of carboxylic acids is 1. The van der Waals surface area contributed by atoms with Crippen molar-refractivity contribution in [1.29, 1.82) is 5.26 Å². The van der Waals surface area contributed by atoms with Gasteiger partial charge in [-0.25, -0.2) is 19.3 Å². The van der Waals surface area contributed by atoms with E-state index in [1.165, 1.54) is 10.6 Å². The molecular weight excluding hydrogens is 475 g/mol. The van der Waals surface area contributed by atoms with E-state index in [-0.39, 0.29) is 11.5 Å². The Morgan fingerprint density at radius 1 is 1.25 bits per heavy atom. The van der Waals surface area contributed by atoms with Crippen molar-refractivity contribution in [3.05, 3.63) is 51.1 Å². The molecule has 0 amide bonds. The topological polar surface area (TPSA) is 154 Å². The Hall–Kier alpha value is -3.59. The number of benzene rings is 1. The largest absolute Gasteiger partial charge is 0.476 e. The molecule has 0 saturated heterocycles. The molecule has 3 aromatic heterocycles. The van der Waals surface area contributed by atoms with Gasteiger partial charge in [-0.15, -0.1) is 0 Å². The molecule has 10 nitrogen and oxygen atoms in total. The first-order valence-electron chi connectivity index (χ1n) is 9.09. The first kappa shape index (κ1) is 21.6. The highest BCUT2D eigenvalue weighted by Crippen LogP contribution is 2.31. The van der Waals surface area contributed by atoms with Crippen molar-refractivity contribution in [1.82, 2.24) is 19.6 Å². The van der Waals surface area contributed by atoms with Gasteiger partial charge in [0.1, 0.15) is 16.5 Å². The third-order valence-electron chi connectivity index (χ3n) is 4.33. The summed E-state index contributed by atoms with van der Waals surface area (Å²) in [5.74, 6) is -0.543. The average molecular weight is 489 g/mol. The number of nitrogen functional groups attached to an aromatic ring is 1. The fourth-order valence-electron chi connectivity index (χ4n) is 2.89. The van der Waals surface area contributed by atoms with Gasteiger partial charge in [-0.1, -0.05) is 34.5 Å². The second-order valence-electron chi connectivity index (χ2n) is 6.46. The lowest BCUT2D eigenvalue weighted by atomic mass is 10.1. The van der Waals surface area contributed by atoms with Crippen LogP contribution in [0.3, 0.4) is 0 Å². The monoisotopic (exact) mass is 488 g/mol. The second kappa shape index (κ2) is 8.88. The molecule has 0 radical (unpaired) electrons. The molecule has 0 aliphatic heterocycles. The van der Waals surface area contributed by atoms with Crippen molar-refractivity contribution in [2.45, 2.75) is 0 Å². The third kappa shape index (κ3) is 4.38. The molecule has 0 unspecified atom stereocenters.